The summed E-state index contributed by atoms with van der Waals surface area (Å²) in [5.74, 6) is -1.27. The highest BCUT2D eigenvalue weighted by atomic mass is 16.6. The zero-order valence-electron chi connectivity index (χ0n) is 12.2. The van der Waals surface area contributed by atoms with Gasteiger partial charge < -0.3 is 10.4 Å². The molecule has 8 nitrogen and oxygen atoms in total. The third-order valence-electron chi connectivity index (χ3n) is 3.00. The number of hydrogen-bond donors (Lipinski definition) is 2. The van der Waals surface area contributed by atoms with Crippen LogP contribution in [0.25, 0.3) is 0 Å². The van der Waals surface area contributed by atoms with E-state index in [9.17, 15) is 20.0 Å². The Morgan fingerprint density at radius 3 is 2.30 bits per heavy atom. The summed E-state index contributed by atoms with van der Waals surface area (Å²) in [5, 5.41) is 27.3. The fourth-order valence-corrected chi connectivity index (χ4v) is 1.93. The predicted octanol–water partition coefficient (Wildman–Crippen LogP) is 1.97. The van der Waals surface area contributed by atoms with E-state index >= 15 is 0 Å². The van der Waals surface area contributed by atoms with Crippen LogP contribution in [0.2, 0.25) is 0 Å². The average molecular weight is 284 g/mol. The Bertz CT molecular complexity index is 522. The lowest BCUT2D eigenvalue weighted by molar-refractivity contribution is -0.384. The summed E-state index contributed by atoms with van der Waals surface area (Å²) in [6, 6.07) is -0.913. The zero-order valence-corrected chi connectivity index (χ0v) is 12.2. The van der Waals surface area contributed by atoms with E-state index in [0.717, 1.165) is 0 Å². The lowest BCUT2D eigenvalue weighted by Gasteiger charge is -2.18. The predicted molar refractivity (Wildman–Crippen MR) is 73.8 cm³/mol. The first-order valence-electron chi connectivity index (χ1n) is 6.37. The highest BCUT2D eigenvalue weighted by molar-refractivity contribution is 5.78. The van der Waals surface area contributed by atoms with Crippen molar-refractivity contribution in [2.45, 2.75) is 39.7 Å². The molecule has 1 atom stereocenters. The average Bonchev–Trinajstić information content (AvgIpc) is 2.62. The Hall–Kier alpha value is -2.12. The van der Waals surface area contributed by atoms with E-state index in [-0.39, 0.29) is 23.3 Å². The third kappa shape index (κ3) is 3.06. The maximum atomic E-state index is 11.2. The van der Waals surface area contributed by atoms with Crippen molar-refractivity contribution in [3.05, 3.63) is 15.8 Å². The Balaban J connectivity index is 3.30. The Morgan fingerprint density at radius 2 is 1.95 bits per heavy atom. The number of aryl methyl sites for hydroxylation is 1. The largest absolute Gasteiger partial charge is 0.480 e. The van der Waals surface area contributed by atoms with Gasteiger partial charge in [0.25, 0.3) is 0 Å². The number of carboxylic acid groups (broad SMARTS) is 1. The Morgan fingerprint density at radius 1 is 1.40 bits per heavy atom. The first-order chi connectivity index (χ1) is 9.16. The minimum Gasteiger partial charge on any atom is -0.480 e. The van der Waals surface area contributed by atoms with Gasteiger partial charge in [0.1, 0.15) is 11.7 Å². The molecule has 0 aromatic carbocycles. The number of carbonyl (C=O) groups is 1. The SMILES string of the molecule is CC(C)c1nn(C)c(NC(C(=O)O)C(C)C)c1[N+](=O)[O-]. The molecule has 0 radical (unpaired) electrons. The van der Waals surface area contributed by atoms with Crippen LogP contribution < -0.4 is 5.32 Å². The quantitative estimate of drug-likeness (QED) is 0.610. The molecule has 0 saturated carbocycles. The summed E-state index contributed by atoms with van der Waals surface area (Å²) >= 11 is 0. The summed E-state index contributed by atoms with van der Waals surface area (Å²) in [6.45, 7) is 7.07. The van der Waals surface area contributed by atoms with E-state index in [4.69, 9.17) is 0 Å². The molecule has 1 aromatic heterocycles. The summed E-state index contributed by atoms with van der Waals surface area (Å²) in [4.78, 5) is 21.9. The Kier molecular flexibility index (Phi) is 4.69. The number of hydrogen-bond acceptors (Lipinski definition) is 5. The van der Waals surface area contributed by atoms with E-state index in [1.54, 1.807) is 34.7 Å². The highest BCUT2D eigenvalue weighted by Crippen LogP contribution is 2.33. The number of anilines is 1. The molecular weight excluding hydrogens is 264 g/mol. The molecule has 0 aliphatic rings. The lowest BCUT2D eigenvalue weighted by atomic mass is 10.0. The zero-order chi connectivity index (χ0) is 15.6. The van der Waals surface area contributed by atoms with E-state index in [0.29, 0.717) is 5.69 Å². The van der Waals surface area contributed by atoms with Crippen molar-refractivity contribution in [3.63, 3.8) is 0 Å². The van der Waals surface area contributed by atoms with E-state index < -0.39 is 16.9 Å². The number of nitro groups is 1. The van der Waals surface area contributed by atoms with Crippen LogP contribution in [0.1, 0.15) is 39.3 Å². The van der Waals surface area contributed by atoms with Gasteiger partial charge in [-0.05, 0) is 5.92 Å². The molecule has 0 fully saturated rings. The second-order valence-corrected chi connectivity index (χ2v) is 5.32. The van der Waals surface area contributed by atoms with Gasteiger partial charge in [-0.25, -0.2) is 9.48 Å². The van der Waals surface area contributed by atoms with E-state index in [2.05, 4.69) is 10.4 Å². The number of nitrogens with one attached hydrogen (secondary N) is 1. The lowest BCUT2D eigenvalue weighted by Crippen LogP contribution is -2.35. The van der Waals surface area contributed by atoms with Gasteiger partial charge in [-0.15, -0.1) is 0 Å². The minimum atomic E-state index is -1.05. The standard InChI is InChI=1S/C12H20N4O4/c1-6(2)8-10(16(19)20)11(15(5)14-8)13-9(7(3)4)12(17)18/h6-7,9,13H,1-5H3,(H,17,18). The van der Waals surface area contributed by atoms with Crippen LogP contribution in [0.5, 0.6) is 0 Å². The van der Waals surface area contributed by atoms with Gasteiger partial charge in [0.05, 0.1) is 4.92 Å². The molecule has 0 aliphatic heterocycles. The van der Waals surface area contributed by atoms with Crippen molar-refractivity contribution in [2.75, 3.05) is 5.32 Å². The molecule has 0 bridgehead atoms. The molecule has 0 saturated heterocycles. The van der Waals surface area contributed by atoms with Crippen molar-refractivity contribution in [1.82, 2.24) is 9.78 Å². The number of nitrogens with zero attached hydrogens (tertiary/aromatic N) is 3. The van der Waals surface area contributed by atoms with Crippen LogP contribution >= 0.6 is 0 Å². The summed E-state index contributed by atoms with van der Waals surface area (Å²) in [5.41, 5.74) is 0.183. The molecule has 1 unspecified atom stereocenters. The highest BCUT2D eigenvalue weighted by Gasteiger charge is 2.32. The van der Waals surface area contributed by atoms with Crippen molar-refractivity contribution < 1.29 is 14.8 Å². The monoisotopic (exact) mass is 284 g/mol. The maximum Gasteiger partial charge on any atom is 0.334 e. The van der Waals surface area contributed by atoms with Crippen molar-refractivity contribution in [1.29, 1.82) is 0 Å². The van der Waals surface area contributed by atoms with Crippen LogP contribution in [0.3, 0.4) is 0 Å². The molecule has 1 aromatic rings. The van der Waals surface area contributed by atoms with Gasteiger partial charge in [0.15, 0.2) is 0 Å². The van der Waals surface area contributed by atoms with Gasteiger partial charge in [0, 0.05) is 13.0 Å². The first kappa shape index (κ1) is 15.9. The maximum absolute atomic E-state index is 11.2. The fourth-order valence-electron chi connectivity index (χ4n) is 1.93. The molecule has 0 spiro atoms. The molecule has 0 amide bonds. The minimum absolute atomic E-state index is 0.125. The van der Waals surface area contributed by atoms with Crippen molar-refractivity contribution in [2.24, 2.45) is 13.0 Å². The van der Waals surface area contributed by atoms with Crippen LogP contribution in [0.4, 0.5) is 11.5 Å². The molecular formula is C12H20N4O4. The van der Waals surface area contributed by atoms with Gasteiger partial charge in [0.2, 0.25) is 5.82 Å². The molecule has 1 rings (SSSR count). The summed E-state index contributed by atoms with van der Waals surface area (Å²) in [6.07, 6.45) is 0. The second kappa shape index (κ2) is 5.89. The molecule has 1 heterocycles. The smallest absolute Gasteiger partial charge is 0.334 e. The van der Waals surface area contributed by atoms with Crippen molar-refractivity contribution >= 4 is 17.5 Å². The normalized spacial score (nSPS) is 12.8. The van der Waals surface area contributed by atoms with E-state index in [1.807, 2.05) is 0 Å². The fraction of sp³-hybridized carbons (Fsp3) is 0.667. The molecule has 8 heteroatoms. The van der Waals surface area contributed by atoms with Crippen LogP contribution in [-0.4, -0.2) is 31.8 Å². The van der Waals surface area contributed by atoms with Gasteiger partial charge in [-0.2, -0.15) is 5.10 Å². The molecule has 20 heavy (non-hydrogen) atoms. The first-order valence-corrected chi connectivity index (χ1v) is 6.37. The second-order valence-electron chi connectivity index (χ2n) is 5.32. The van der Waals surface area contributed by atoms with E-state index in [1.165, 1.54) is 4.68 Å². The molecule has 2 N–H and O–H groups in total. The molecule has 112 valence electrons. The summed E-state index contributed by atoms with van der Waals surface area (Å²) < 4.78 is 1.33. The van der Waals surface area contributed by atoms with Gasteiger partial charge in [-0.3, -0.25) is 10.1 Å². The number of aromatic nitrogens is 2. The van der Waals surface area contributed by atoms with Crippen molar-refractivity contribution in [3.8, 4) is 0 Å². The topological polar surface area (TPSA) is 110 Å². The molecule has 0 aliphatic carbocycles. The van der Waals surface area contributed by atoms with Crippen LogP contribution in [0, 0.1) is 16.0 Å². The number of carboxylic acids is 1. The number of aliphatic carboxylic acids is 1. The van der Waals surface area contributed by atoms with Crippen LogP contribution in [-0.2, 0) is 11.8 Å². The van der Waals surface area contributed by atoms with Gasteiger partial charge in [-0.1, -0.05) is 27.7 Å². The number of rotatable bonds is 6. The Labute approximate surface area is 116 Å². The van der Waals surface area contributed by atoms with Crippen LogP contribution in [0.15, 0.2) is 0 Å². The van der Waals surface area contributed by atoms with Gasteiger partial charge >= 0.3 is 11.7 Å². The summed E-state index contributed by atoms with van der Waals surface area (Å²) in [7, 11) is 1.56. The third-order valence-corrected chi connectivity index (χ3v) is 3.00.